The summed E-state index contributed by atoms with van der Waals surface area (Å²) >= 11 is 1.13. The summed E-state index contributed by atoms with van der Waals surface area (Å²) in [4.78, 5) is 37.7. The minimum atomic E-state index is -0.687. The van der Waals surface area contributed by atoms with Gasteiger partial charge in [0.15, 0.2) is 5.13 Å². The number of benzene rings is 1. The van der Waals surface area contributed by atoms with Gasteiger partial charge in [0, 0.05) is 24.8 Å². The largest absolute Gasteiger partial charge is 0.346 e. The fraction of sp³-hybridized carbons (Fsp3) is 0.273. The van der Waals surface area contributed by atoms with Crippen LogP contribution in [0.4, 0.5) is 18.7 Å². The molecule has 0 unspecified atom stereocenters. The Hall–Kier alpha value is -3.40. The highest BCUT2D eigenvalue weighted by Crippen LogP contribution is 2.31. The van der Waals surface area contributed by atoms with E-state index in [-0.39, 0.29) is 31.1 Å². The van der Waals surface area contributed by atoms with Gasteiger partial charge in [-0.05, 0) is 43.7 Å². The number of aryl methyl sites for hydroxylation is 1. The van der Waals surface area contributed by atoms with E-state index in [2.05, 4.69) is 15.3 Å². The second kappa shape index (κ2) is 8.99. The summed E-state index contributed by atoms with van der Waals surface area (Å²) in [5.74, 6) is -1.66. The molecule has 0 spiro atoms. The van der Waals surface area contributed by atoms with Gasteiger partial charge in [-0.1, -0.05) is 17.4 Å². The van der Waals surface area contributed by atoms with Crippen molar-refractivity contribution in [2.75, 3.05) is 11.4 Å². The van der Waals surface area contributed by atoms with Gasteiger partial charge in [-0.3, -0.25) is 14.7 Å². The van der Waals surface area contributed by atoms with Gasteiger partial charge in [-0.2, -0.15) is 0 Å². The molecule has 166 valence electrons. The molecule has 2 aromatic heterocycles. The molecule has 1 saturated heterocycles. The predicted molar refractivity (Wildman–Crippen MR) is 116 cm³/mol. The van der Waals surface area contributed by atoms with Crippen molar-refractivity contribution in [3.8, 4) is 0 Å². The lowest BCUT2D eigenvalue weighted by Crippen LogP contribution is -2.33. The minimum absolute atomic E-state index is 0.0763. The van der Waals surface area contributed by atoms with Gasteiger partial charge in [0.25, 0.3) is 5.91 Å². The lowest BCUT2D eigenvalue weighted by Gasteiger charge is -2.20. The standard InChI is InChI=1S/C22H21F2N5O2S/c1-13-11-29(22(31)28(13)12-15-7-16(23)9-17(24)8-15)21-27-14(2)19(32-21)20(30)26-10-18-5-3-4-6-25-18/h3-9,13H,10-12H2,1-2H3,(H,26,30)/t13-/m1/s1. The first kappa shape index (κ1) is 21.8. The molecule has 3 aromatic rings. The van der Waals surface area contributed by atoms with Crippen molar-refractivity contribution in [2.45, 2.75) is 33.0 Å². The summed E-state index contributed by atoms with van der Waals surface area (Å²) in [5.41, 5.74) is 1.63. The summed E-state index contributed by atoms with van der Waals surface area (Å²) in [5, 5.41) is 3.23. The Kier molecular flexibility index (Phi) is 6.13. The number of pyridine rings is 1. The lowest BCUT2D eigenvalue weighted by molar-refractivity contribution is 0.0953. The number of hydrogen-bond acceptors (Lipinski definition) is 5. The van der Waals surface area contributed by atoms with Crippen molar-refractivity contribution < 1.29 is 18.4 Å². The quantitative estimate of drug-likeness (QED) is 0.609. The van der Waals surface area contributed by atoms with Crippen molar-refractivity contribution in [3.05, 3.63) is 76.1 Å². The average Bonchev–Trinajstić information content (AvgIpc) is 3.27. The van der Waals surface area contributed by atoms with Gasteiger partial charge < -0.3 is 10.2 Å². The fourth-order valence-corrected chi connectivity index (χ4v) is 4.52. The first-order chi connectivity index (χ1) is 15.3. The third kappa shape index (κ3) is 4.59. The molecule has 1 atom stereocenters. The Labute approximate surface area is 187 Å². The van der Waals surface area contributed by atoms with Crippen molar-refractivity contribution in [3.63, 3.8) is 0 Å². The lowest BCUT2D eigenvalue weighted by atomic mass is 10.2. The molecule has 7 nitrogen and oxygen atoms in total. The number of hydrogen-bond donors (Lipinski definition) is 1. The Morgan fingerprint density at radius 2 is 2.00 bits per heavy atom. The molecule has 1 aromatic carbocycles. The number of urea groups is 1. The number of anilines is 1. The molecule has 0 radical (unpaired) electrons. The van der Waals surface area contributed by atoms with E-state index < -0.39 is 11.6 Å². The molecule has 10 heteroatoms. The van der Waals surface area contributed by atoms with Crippen LogP contribution in [0.3, 0.4) is 0 Å². The molecular weight excluding hydrogens is 436 g/mol. The highest BCUT2D eigenvalue weighted by Gasteiger charge is 2.37. The van der Waals surface area contributed by atoms with E-state index in [4.69, 9.17) is 0 Å². The summed E-state index contributed by atoms with van der Waals surface area (Å²) in [6.07, 6.45) is 1.65. The Balaban J connectivity index is 1.47. The number of thiazole rings is 1. The van der Waals surface area contributed by atoms with Crippen LogP contribution in [0.15, 0.2) is 42.6 Å². The van der Waals surface area contributed by atoms with E-state index in [1.165, 1.54) is 21.9 Å². The molecule has 1 aliphatic heterocycles. The number of halogens is 2. The molecule has 0 bridgehead atoms. The highest BCUT2D eigenvalue weighted by atomic mass is 32.1. The molecule has 1 fully saturated rings. The summed E-state index contributed by atoms with van der Waals surface area (Å²) in [7, 11) is 0. The fourth-order valence-electron chi connectivity index (χ4n) is 3.53. The molecule has 4 rings (SSSR count). The number of rotatable bonds is 6. The average molecular weight is 458 g/mol. The zero-order chi connectivity index (χ0) is 22.8. The van der Waals surface area contributed by atoms with Gasteiger partial charge in [0.2, 0.25) is 0 Å². The monoisotopic (exact) mass is 457 g/mol. The van der Waals surface area contributed by atoms with E-state index in [9.17, 15) is 18.4 Å². The zero-order valence-electron chi connectivity index (χ0n) is 17.5. The summed E-state index contributed by atoms with van der Waals surface area (Å²) in [6.45, 7) is 4.29. The topological polar surface area (TPSA) is 78.4 Å². The van der Waals surface area contributed by atoms with Crippen LogP contribution in [0.25, 0.3) is 0 Å². The van der Waals surface area contributed by atoms with Crippen molar-refractivity contribution in [2.24, 2.45) is 0 Å². The molecule has 3 amide bonds. The zero-order valence-corrected chi connectivity index (χ0v) is 18.3. The van der Waals surface area contributed by atoms with Crippen LogP contribution in [-0.2, 0) is 13.1 Å². The number of carbonyl (C=O) groups excluding carboxylic acids is 2. The second-order valence-corrected chi connectivity index (χ2v) is 8.54. The first-order valence-electron chi connectivity index (χ1n) is 10.0. The normalized spacial score (nSPS) is 16.0. The number of nitrogens with zero attached hydrogens (tertiary/aromatic N) is 4. The first-order valence-corrected chi connectivity index (χ1v) is 10.8. The van der Waals surface area contributed by atoms with Gasteiger partial charge in [0.05, 0.1) is 24.5 Å². The molecular formula is C22H21F2N5O2S. The Morgan fingerprint density at radius 3 is 2.69 bits per heavy atom. The van der Waals surface area contributed by atoms with Gasteiger partial charge in [0.1, 0.15) is 16.5 Å². The molecule has 3 heterocycles. The number of amides is 3. The second-order valence-electron chi connectivity index (χ2n) is 7.56. The highest BCUT2D eigenvalue weighted by molar-refractivity contribution is 7.17. The SMILES string of the molecule is Cc1nc(N2C[C@@H](C)N(Cc3cc(F)cc(F)c3)C2=O)sc1C(=O)NCc1ccccn1. The number of nitrogens with one attached hydrogen (secondary N) is 1. The molecule has 1 N–H and O–H groups in total. The summed E-state index contributed by atoms with van der Waals surface area (Å²) < 4.78 is 27.1. The van der Waals surface area contributed by atoms with Crippen molar-refractivity contribution >= 4 is 28.4 Å². The van der Waals surface area contributed by atoms with Crippen LogP contribution < -0.4 is 10.2 Å². The smallest absolute Gasteiger partial charge is 0.326 e. The minimum Gasteiger partial charge on any atom is -0.346 e. The van der Waals surface area contributed by atoms with Gasteiger partial charge in [-0.15, -0.1) is 0 Å². The van der Waals surface area contributed by atoms with Crippen molar-refractivity contribution in [1.29, 1.82) is 0 Å². The third-order valence-electron chi connectivity index (χ3n) is 5.11. The van der Waals surface area contributed by atoms with E-state index in [0.29, 0.717) is 27.8 Å². The van der Waals surface area contributed by atoms with E-state index in [1.54, 1.807) is 19.2 Å². The van der Waals surface area contributed by atoms with Crippen molar-refractivity contribution in [1.82, 2.24) is 20.2 Å². The van der Waals surface area contributed by atoms with Gasteiger partial charge >= 0.3 is 6.03 Å². The predicted octanol–water partition coefficient (Wildman–Crippen LogP) is 3.89. The molecule has 1 aliphatic rings. The van der Waals surface area contributed by atoms with Crippen LogP contribution in [0.2, 0.25) is 0 Å². The number of aromatic nitrogens is 2. The number of carbonyl (C=O) groups is 2. The molecule has 0 saturated carbocycles. The van der Waals surface area contributed by atoms with Gasteiger partial charge in [-0.25, -0.2) is 18.6 Å². The van der Waals surface area contributed by atoms with Crippen LogP contribution in [0.1, 0.15) is 33.5 Å². The molecule has 32 heavy (non-hydrogen) atoms. The maximum atomic E-state index is 13.5. The van der Waals surface area contributed by atoms with Crippen LogP contribution in [-0.4, -0.2) is 39.4 Å². The summed E-state index contributed by atoms with van der Waals surface area (Å²) in [6, 6.07) is 8.16. The third-order valence-corrected chi connectivity index (χ3v) is 6.29. The van der Waals surface area contributed by atoms with Crippen LogP contribution >= 0.6 is 11.3 Å². The molecule has 0 aliphatic carbocycles. The maximum Gasteiger partial charge on any atom is 0.326 e. The maximum absolute atomic E-state index is 13.5. The van der Waals surface area contributed by atoms with E-state index in [0.717, 1.165) is 23.1 Å². The van der Waals surface area contributed by atoms with E-state index >= 15 is 0 Å². The van der Waals surface area contributed by atoms with Crippen LogP contribution in [0, 0.1) is 18.6 Å². The van der Waals surface area contributed by atoms with E-state index in [1.807, 2.05) is 19.1 Å². The Morgan fingerprint density at radius 1 is 1.25 bits per heavy atom. The van der Waals surface area contributed by atoms with Crippen LogP contribution in [0.5, 0.6) is 0 Å². The Bertz CT molecular complexity index is 1130.